The molecule has 1 unspecified atom stereocenters. The summed E-state index contributed by atoms with van der Waals surface area (Å²) >= 11 is 0. The van der Waals surface area contributed by atoms with Crippen LogP contribution in [0.15, 0.2) is 30.3 Å². The quantitative estimate of drug-likeness (QED) is 0.653. The van der Waals surface area contributed by atoms with Crippen molar-refractivity contribution >= 4 is 11.9 Å². The lowest BCUT2D eigenvalue weighted by Gasteiger charge is -2.30. The summed E-state index contributed by atoms with van der Waals surface area (Å²) < 4.78 is 0. The molecule has 0 N–H and O–H groups in total. The molecule has 16 heavy (non-hydrogen) atoms. The second-order valence-corrected chi connectivity index (χ2v) is 5.40. The van der Waals surface area contributed by atoms with Crippen molar-refractivity contribution in [3.8, 4) is 0 Å². The number of carbonyl (C=O) groups excluding carboxylic acids is 1. The second-order valence-electron chi connectivity index (χ2n) is 5.40. The molecule has 0 saturated carbocycles. The Bertz CT molecular complexity index is 472. The Morgan fingerprint density at radius 3 is 3.00 bits per heavy atom. The van der Waals surface area contributed by atoms with E-state index in [0.717, 1.165) is 25.5 Å². The Morgan fingerprint density at radius 1 is 1.38 bits per heavy atom. The Hall–Kier alpha value is -1.37. The van der Waals surface area contributed by atoms with E-state index < -0.39 is 0 Å². The van der Waals surface area contributed by atoms with Gasteiger partial charge in [0.05, 0.1) is 0 Å². The van der Waals surface area contributed by atoms with Gasteiger partial charge in [-0.25, -0.2) is 0 Å². The van der Waals surface area contributed by atoms with Crippen LogP contribution in [0.3, 0.4) is 0 Å². The van der Waals surface area contributed by atoms with Crippen molar-refractivity contribution in [3.63, 3.8) is 0 Å². The van der Waals surface area contributed by atoms with Crippen LogP contribution < -0.4 is 0 Å². The van der Waals surface area contributed by atoms with Gasteiger partial charge in [0.1, 0.15) is 6.29 Å². The first-order chi connectivity index (χ1) is 7.72. The fraction of sp³-hybridized carbons (Fsp3) is 0.400. The number of aldehydes is 1. The summed E-state index contributed by atoms with van der Waals surface area (Å²) in [6, 6.07) is 8.64. The van der Waals surface area contributed by atoms with E-state index in [-0.39, 0.29) is 5.41 Å². The molecule has 1 aromatic rings. The van der Waals surface area contributed by atoms with E-state index in [1.807, 2.05) is 0 Å². The summed E-state index contributed by atoms with van der Waals surface area (Å²) in [5.41, 5.74) is 4.22. The lowest BCUT2D eigenvalue weighted by molar-refractivity contribution is -0.116. The van der Waals surface area contributed by atoms with E-state index in [0.29, 0.717) is 5.92 Å². The fourth-order valence-electron chi connectivity index (χ4n) is 3.12. The predicted octanol–water partition coefficient (Wildman–Crippen LogP) is 3.24. The number of hydrogen-bond donors (Lipinski definition) is 0. The van der Waals surface area contributed by atoms with E-state index in [9.17, 15) is 4.79 Å². The van der Waals surface area contributed by atoms with Crippen molar-refractivity contribution in [3.05, 3.63) is 41.5 Å². The van der Waals surface area contributed by atoms with Gasteiger partial charge in [0.2, 0.25) is 0 Å². The highest BCUT2D eigenvalue weighted by Gasteiger charge is 2.37. The van der Waals surface area contributed by atoms with Crippen molar-refractivity contribution in [2.24, 2.45) is 11.3 Å². The molecule has 2 aliphatic rings. The Kier molecular flexibility index (Phi) is 2.03. The van der Waals surface area contributed by atoms with Crippen molar-refractivity contribution < 1.29 is 4.79 Å². The van der Waals surface area contributed by atoms with Gasteiger partial charge in [-0.3, -0.25) is 0 Å². The average molecular weight is 212 g/mol. The topological polar surface area (TPSA) is 17.1 Å². The molecule has 0 aromatic heterocycles. The van der Waals surface area contributed by atoms with Crippen molar-refractivity contribution in [1.82, 2.24) is 0 Å². The van der Waals surface area contributed by atoms with Crippen LogP contribution in [-0.4, -0.2) is 6.29 Å². The second kappa shape index (κ2) is 3.31. The van der Waals surface area contributed by atoms with Gasteiger partial charge in [-0.15, -0.1) is 0 Å². The summed E-state index contributed by atoms with van der Waals surface area (Å²) in [5.74, 6) is 0.571. The lowest BCUT2D eigenvalue weighted by Crippen LogP contribution is -2.25. The molecule has 1 aromatic carbocycles. The molecule has 1 nitrogen and oxygen atoms in total. The summed E-state index contributed by atoms with van der Waals surface area (Å²) in [4.78, 5) is 11.1. The third-order valence-electron chi connectivity index (χ3n) is 4.02. The van der Waals surface area contributed by atoms with Crippen LogP contribution in [0.4, 0.5) is 0 Å². The minimum atomic E-state index is -0.129. The zero-order valence-electron chi connectivity index (χ0n) is 9.57. The van der Waals surface area contributed by atoms with E-state index in [1.165, 1.54) is 16.7 Å². The average Bonchev–Trinajstić information content (AvgIpc) is 2.66. The number of carbonyl (C=O) groups is 1. The molecule has 0 spiro atoms. The van der Waals surface area contributed by atoms with Crippen LogP contribution in [0.25, 0.3) is 5.57 Å². The molecular formula is C15H16O. The van der Waals surface area contributed by atoms with Crippen molar-refractivity contribution in [1.29, 1.82) is 0 Å². The standard InChI is InChI=1S/C15H16O/c1-15(10-16)7-6-14-12(9-15)8-11-4-2-3-5-13(11)14/h2-6,10,12H,7-9H2,1H3/t12?,15-/m1/s1. The highest BCUT2D eigenvalue weighted by molar-refractivity contribution is 5.77. The SMILES string of the molecule is C[C@@]1(C=O)CC=C2c3ccccc3CC2C1. The number of allylic oxidation sites excluding steroid dienone is 2. The zero-order valence-corrected chi connectivity index (χ0v) is 9.57. The number of benzene rings is 1. The van der Waals surface area contributed by atoms with Gasteiger partial charge < -0.3 is 4.79 Å². The highest BCUT2D eigenvalue weighted by atomic mass is 16.1. The van der Waals surface area contributed by atoms with Crippen LogP contribution in [0.5, 0.6) is 0 Å². The summed E-state index contributed by atoms with van der Waals surface area (Å²) in [6.07, 6.45) is 6.46. The van der Waals surface area contributed by atoms with Crippen LogP contribution in [0.1, 0.15) is 30.9 Å². The third kappa shape index (κ3) is 1.35. The van der Waals surface area contributed by atoms with Gasteiger partial charge in [0, 0.05) is 5.41 Å². The maximum atomic E-state index is 11.1. The molecule has 0 radical (unpaired) electrons. The van der Waals surface area contributed by atoms with Crippen LogP contribution in [0, 0.1) is 11.3 Å². The first-order valence-electron chi connectivity index (χ1n) is 5.96. The summed E-state index contributed by atoms with van der Waals surface area (Å²) in [6.45, 7) is 2.08. The summed E-state index contributed by atoms with van der Waals surface area (Å²) in [5, 5.41) is 0. The molecule has 0 amide bonds. The Morgan fingerprint density at radius 2 is 2.19 bits per heavy atom. The Balaban J connectivity index is 2.01. The first kappa shape index (κ1) is 9.83. The molecule has 0 aliphatic heterocycles. The van der Waals surface area contributed by atoms with Gasteiger partial charge in [0.25, 0.3) is 0 Å². The van der Waals surface area contributed by atoms with E-state index in [4.69, 9.17) is 0 Å². The molecule has 0 saturated heterocycles. The van der Waals surface area contributed by atoms with Crippen molar-refractivity contribution in [2.45, 2.75) is 26.2 Å². The molecule has 82 valence electrons. The summed E-state index contributed by atoms with van der Waals surface area (Å²) in [7, 11) is 0. The van der Waals surface area contributed by atoms with Crippen LogP contribution in [-0.2, 0) is 11.2 Å². The highest BCUT2D eigenvalue weighted by Crippen LogP contribution is 2.47. The monoisotopic (exact) mass is 212 g/mol. The van der Waals surface area contributed by atoms with Gasteiger partial charge in [-0.05, 0) is 41.9 Å². The first-order valence-corrected chi connectivity index (χ1v) is 5.96. The predicted molar refractivity (Wildman–Crippen MR) is 65.0 cm³/mol. The largest absolute Gasteiger partial charge is 0.303 e. The maximum absolute atomic E-state index is 11.1. The smallest absolute Gasteiger partial charge is 0.126 e. The molecular weight excluding hydrogens is 196 g/mol. The molecule has 0 fully saturated rings. The fourth-order valence-corrected chi connectivity index (χ4v) is 3.12. The van der Waals surface area contributed by atoms with E-state index in [1.54, 1.807) is 0 Å². The lowest BCUT2D eigenvalue weighted by atomic mass is 9.72. The molecule has 3 rings (SSSR count). The molecule has 0 bridgehead atoms. The van der Waals surface area contributed by atoms with E-state index >= 15 is 0 Å². The number of hydrogen-bond acceptors (Lipinski definition) is 1. The van der Waals surface area contributed by atoms with Crippen molar-refractivity contribution in [2.75, 3.05) is 0 Å². The Labute approximate surface area is 96.2 Å². The minimum Gasteiger partial charge on any atom is -0.303 e. The normalized spacial score (nSPS) is 31.6. The maximum Gasteiger partial charge on any atom is 0.126 e. The number of fused-ring (bicyclic) bond motifs is 3. The van der Waals surface area contributed by atoms with Gasteiger partial charge in [-0.2, -0.15) is 0 Å². The van der Waals surface area contributed by atoms with Crippen LogP contribution >= 0.6 is 0 Å². The molecule has 1 heteroatoms. The molecule has 2 atom stereocenters. The minimum absolute atomic E-state index is 0.129. The molecule has 2 aliphatic carbocycles. The molecule has 0 heterocycles. The third-order valence-corrected chi connectivity index (χ3v) is 4.02. The van der Waals surface area contributed by atoms with Gasteiger partial charge in [-0.1, -0.05) is 37.3 Å². The van der Waals surface area contributed by atoms with Gasteiger partial charge in [0.15, 0.2) is 0 Å². The van der Waals surface area contributed by atoms with E-state index in [2.05, 4.69) is 37.3 Å². The zero-order chi connectivity index (χ0) is 11.2. The van der Waals surface area contributed by atoms with Crippen LogP contribution in [0.2, 0.25) is 0 Å². The number of rotatable bonds is 1. The van der Waals surface area contributed by atoms with Gasteiger partial charge >= 0.3 is 0 Å².